The van der Waals surface area contributed by atoms with Crippen molar-refractivity contribution < 1.29 is 29.4 Å². The van der Waals surface area contributed by atoms with Crippen LogP contribution in [0.2, 0.25) is 0 Å². The van der Waals surface area contributed by atoms with E-state index in [1.165, 1.54) is 12.1 Å². The zero-order chi connectivity index (χ0) is 33.5. The molecule has 244 valence electrons. The number of fused-ring (bicyclic) bond motifs is 2. The molecule has 5 rings (SSSR count). The highest BCUT2D eigenvalue weighted by Crippen LogP contribution is 2.21. The molecule has 0 spiro atoms. The van der Waals surface area contributed by atoms with Gasteiger partial charge in [-0.2, -0.15) is 12.6 Å². The van der Waals surface area contributed by atoms with Gasteiger partial charge in [-0.3, -0.25) is 14.4 Å². The number of aromatic nitrogens is 2. The summed E-state index contributed by atoms with van der Waals surface area (Å²) in [5.74, 6) is -3.28. The van der Waals surface area contributed by atoms with Gasteiger partial charge in [0.15, 0.2) is 0 Å². The fourth-order valence-electron chi connectivity index (χ4n) is 5.45. The van der Waals surface area contributed by atoms with E-state index in [1.54, 1.807) is 24.5 Å². The summed E-state index contributed by atoms with van der Waals surface area (Å²) in [6.07, 6.45) is 3.69. The van der Waals surface area contributed by atoms with Crippen LogP contribution in [0.1, 0.15) is 16.7 Å². The quantitative estimate of drug-likeness (QED) is 0.0815. The lowest BCUT2D eigenvalue weighted by Gasteiger charge is -2.24. The lowest BCUT2D eigenvalue weighted by Crippen LogP contribution is -2.58. The number of hydrogen-bond acceptors (Lipinski definition) is 7. The number of para-hydroxylation sites is 2. The molecule has 0 aliphatic rings. The minimum Gasteiger partial charge on any atom is -0.508 e. The van der Waals surface area contributed by atoms with Gasteiger partial charge in [0.25, 0.3) is 0 Å². The largest absolute Gasteiger partial charge is 0.508 e. The molecule has 2 aromatic heterocycles. The van der Waals surface area contributed by atoms with E-state index in [2.05, 4.69) is 38.5 Å². The van der Waals surface area contributed by atoms with Gasteiger partial charge in [0.1, 0.15) is 23.9 Å². The van der Waals surface area contributed by atoms with Gasteiger partial charge in [0.2, 0.25) is 17.7 Å². The zero-order valence-electron chi connectivity index (χ0n) is 25.3. The van der Waals surface area contributed by atoms with Crippen molar-refractivity contribution in [2.75, 3.05) is 5.75 Å². The predicted molar refractivity (Wildman–Crippen MR) is 181 cm³/mol. The number of aliphatic carboxylic acids is 1. The van der Waals surface area contributed by atoms with Crippen LogP contribution in [0, 0.1) is 0 Å². The summed E-state index contributed by atoms with van der Waals surface area (Å²) in [7, 11) is 0. The molecule has 3 amide bonds. The van der Waals surface area contributed by atoms with Crippen LogP contribution in [0.3, 0.4) is 0 Å². The molecule has 2 heterocycles. The molecule has 47 heavy (non-hydrogen) atoms. The first kappa shape index (κ1) is 33.1. The summed E-state index contributed by atoms with van der Waals surface area (Å²) in [4.78, 5) is 58.7. The smallest absolute Gasteiger partial charge is 0.326 e. The number of carboxylic acid groups (broad SMARTS) is 1. The molecule has 9 N–H and O–H groups in total. The lowest BCUT2D eigenvalue weighted by atomic mass is 10.0. The van der Waals surface area contributed by atoms with Gasteiger partial charge < -0.3 is 41.9 Å². The Bertz CT molecular complexity index is 1890. The Morgan fingerprint density at radius 3 is 1.72 bits per heavy atom. The number of nitrogens with one attached hydrogen (secondary N) is 5. The SMILES string of the molecule is NC(Cc1ccc(O)cc1)C(=O)NC(Cc1c[nH]c2ccccc12)C(=O)NC(CS)C(=O)NC(Cc1c[nH]c2ccccc12)C(=O)O. The summed E-state index contributed by atoms with van der Waals surface area (Å²) in [6.45, 7) is 0. The van der Waals surface area contributed by atoms with Crippen molar-refractivity contribution in [3.05, 3.63) is 102 Å². The number of nitrogens with two attached hydrogens (primary N) is 1. The van der Waals surface area contributed by atoms with Crippen molar-refractivity contribution >= 4 is 58.1 Å². The van der Waals surface area contributed by atoms with Crippen LogP contribution < -0.4 is 21.7 Å². The highest BCUT2D eigenvalue weighted by atomic mass is 32.1. The number of thiol groups is 1. The molecule has 0 aliphatic carbocycles. The average molecular weight is 657 g/mol. The van der Waals surface area contributed by atoms with Crippen LogP contribution in [-0.4, -0.2) is 73.8 Å². The third-order valence-corrected chi connectivity index (χ3v) is 8.35. The van der Waals surface area contributed by atoms with Gasteiger partial charge in [0.05, 0.1) is 6.04 Å². The van der Waals surface area contributed by atoms with Gasteiger partial charge in [-0.1, -0.05) is 48.5 Å². The van der Waals surface area contributed by atoms with Gasteiger partial charge in [-0.15, -0.1) is 0 Å². The van der Waals surface area contributed by atoms with E-state index in [-0.39, 0.29) is 30.8 Å². The molecular weight excluding hydrogens is 620 g/mol. The standard InChI is InChI=1S/C34H36N6O6S/c35-25(13-19-9-11-22(41)12-10-19)31(42)38-28(14-20-16-36-26-7-3-1-5-23(20)26)32(43)40-30(18-47)33(44)39-29(34(45)46)15-21-17-37-27-8-4-2-6-24(21)27/h1-12,16-17,25,28-30,36-37,41,47H,13-15,18,35H2,(H,38,42)(H,39,44)(H,40,43)(H,45,46). The first-order valence-corrected chi connectivity index (χ1v) is 15.6. The van der Waals surface area contributed by atoms with Crippen molar-refractivity contribution in [3.63, 3.8) is 0 Å². The summed E-state index contributed by atoms with van der Waals surface area (Å²) in [5.41, 5.74) is 10.1. The monoisotopic (exact) mass is 656 g/mol. The number of carbonyl (C=O) groups excluding carboxylic acids is 3. The predicted octanol–water partition coefficient (Wildman–Crippen LogP) is 2.18. The number of phenolic OH excluding ortho intramolecular Hbond substituents is 1. The zero-order valence-corrected chi connectivity index (χ0v) is 26.2. The molecule has 4 atom stereocenters. The van der Waals surface area contributed by atoms with Gasteiger partial charge in [-0.05, 0) is 47.4 Å². The van der Waals surface area contributed by atoms with E-state index in [0.29, 0.717) is 5.56 Å². The molecule has 13 heteroatoms. The van der Waals surface area contributed by atoms with Crippen LogP contribution in [-0.2, 0) is 38.4 Å². The van der Waals surface area contributed by atoms with Gasteiger partial charge >= 0.3 is 5.97 Å². The molecule has 5 aromatic rings. The number of rotatable bonds is 14. The third-order valence-electron chi connectivity index (χ3n) is 7.99. The van der Waals surface area contributed by atoms with Crippen molar-refractivity contribution in [3.8, 4) is 5.75 Å². The number of carbonyl (C=O) groups is 4. The van der Waals surface area contributed by atoms with Crippen LogP contribution >= 0.6 is 12.6 Å². The second kappa shape index (κ2) is 14.9. The Morgan fingerprint density at radius 2 is 1.17 bits per heavy atom. The minimum atomic E-state index is -1.28. The highest BCUT2D eigenvalue weighted by Gasteiger charge is 2.31. The van der Waals surface area contributed by atoms with Crippen LogP contribution in [0.5, 0.6) is 5.75 Å². The summed E-state index contributed by atoms with van der Waals surface area (Å²) < 4.78 is 0. The molecule has 12 nitrogen and oxygen atoms in total. The Morgan fingerprint density at radius 1 is 0.681 bits per heavy atom. The normalized spacial score (nSPS) is 13.8. The maximum absolute atomic E-state index is 13.7. The number of H-pyrrole nitrogens is 2. The van der Waals surface area contributed by atoms with E-state index in [9.17, 15) is 29.4 Å². The second-order valence-electron chi connectivity index (χ2n) is 11.3. The summed E-state index contributed by atoms with van der Waals surface area (Å²) in [5, 5.41) is 29.1. The number of aromatic amines is 2. The molecular formula is C34H36N6O6S. The molecule has 0 saturated heterocycles. The summed E-state index contributed by atoms with van der Waals surface area (Å²) in [6, 6.07) is 16.6. The van der Waals surface area contributed by atoms with Crippen molar-refractivity contribution in [2.24, 2.45) is 5.73 Å². The van der Waals surface area contributed by atoms with E-state index in [0.717, 1.165) is 32.9 Å². The number of aromatic hydroxyl groups is 1. The van der Waals surface area contributed by atoms with Crippen molar-refractivity contribution in [1.82, 2.24) is 25.9 Å². The minimum absolute atomic E-state index is 0.0104. The maximum atomic E-state index is 13.7. The number of phenols is 1. The second-order valence-corrected chi connectivity index (χ2v) is 11.7. The van der Waals surface area contributed by atoms with E-state index in [4.69, 9.17) is 5.73 Å². The third kappa shape index (κ3) is 8.12. The Balaban J connectivity index is 1.30. The number of amides is 3. The number of carboxylic acids is 1. The van der Waals surface area contributed by atoms with Crippen molar-refractivity contribution in [1.29, 1.82) is 0 Å². The number of hydrogen-bond donors (Lipinski definition) is 9. The van der Waals surface area contributed by atoms with Gasteiger partial charge in [-0.25, -0.2) is 4.79 Å². The van der Waals surface area contributed by atoms with Crippen LogP contribution in [0.15, 0.2) is 85.2 Å². The fourth-order valence-corrected chi connectivity index (χ4v) is 5.70. The fraction of sp³-hybridized carbons (Fsp3) is 0.235. The van der Waals surface area contributed by atoms with Crippen LogP contribution in [0.4, 0.5) is 0 Å². The average Bonchev–Trinajstić information content (AvgIpc) is 3.67. The first-order chi connectivity index (χ1) is 22.6. The molecule has 0 bridgehead atoms. The Hall–Kier alpha value is -5.27. The molecule has 0 saturated carbocycles. The lowest BCUT2D eigenvalue weighted by molar-refractivity contribution is -0.142. The van der Waals surface area contributed by atoms with Gasteiger partial charge in [0, 0.05) is 52.8 Å². The molecule has 0 radical (unpaired) electrons. The Labute approximate surface area is 275 Å². The Kier molecular flexibility index (Phi) is 10.5. The topological polar surface area (TPSA) is 202 Å². The number of benzene rings is 3. The summed E-state index contributed by atoms with van der Waals surface area (Å²) >= 11 is 4.25. The van der Waals surface area contributed by atoms with Crippen LogP contribution in [0.25, 0.3) is 21.8 Å². The highest BCUT2D eigenvalue weighted by molar-refractivity contribution is 7.80. The molecule has 0 aliphatic heterocycles. The molecule has 3 aromatic carbocycles. The van der Waals surface area contributed by atoms with Crippen molar-refractivity contribution in [2.45, 2.75) is 43.4 Å². The first-order valence-electron chi connectivity index (χ1n) is 15.0. The van der Waals surface area contributed by atoms with E-state index < -0.39 is 47.9 Å². The van der Waals surface area contributed by atoms with E-state index >= 15 is 0 Å². The van der Waals surface area contributed by atoms with E-state index in [1.807, 2.05) is 48.5 Å². The maximum Gasteiger partial charge on any atom is 0.326 e. The molecule has 4 unspecified atom stereocenters. The molecule has 0 fully saturated rings.